The van der Waals surface area contributed by atoms with Crippen molar-refractivity contribution < 1.29 is 18.0 Å². The maximum atomic E-state index is 12.9. The number of aryl methyl sites for hydroxylation is 1. The third-order valence-electron chi connectivity index (χ3n) is 4.93. The van der Waals surface area contributed by atoms with E-state index in [4.69, 9.17) is 29.6 Å². The lowest BCUT2D eigenvalue weighted by molar-refractivity contribution is -0.137. The molecule has 0 saturated carbocycles. The van der Waals surface area contributed by atoms with Crippen LogP contribution in [0.15, 0.2) is 53.2 Å². The topological polar surface area (TPSA) is 72.9 Å². The predicted molar refractivity (Wildman–Crippen MR) is 117 cm³/mol. The molecule has 0 fully saturated rings. The number of aromatic nitrogens is 2. The van der Waals surface area contributed by atoms with Gasteiger partial charge in [-0.15, -0.1) is 0 Å². The molecule has 1 aromatic carbocycles. The van der Waals surface area contributed by atoms with E-state index in [1.807, 2.05) is 0 Å². The lowest BCUT2D eigenvalue weighted by Gasteiger charge is -2.22. The van der Waals surface area contributed by atoms with E-state index in [1.54, 1.807) is 30.1 Å². The lowest BCUT2D eigenvalue weighted by Crippen LogP contribution is -2.43. The van der Waals surface area contributed by atoms with Crippen molar-refractivity contribution in [2.75, 3.05) is 6.54 Å². The van der Waals surface area contributed by atoms with Crippen LogP contribution in [0.4, 0.5) is 13.2 Å². The molecule has 2 aromatic rings. The molecule has 1 aromatic heterocycles. The van der Waals surface area contributed by atoms with E-state index in [0.717, 1.165) is 23.4 Å². The Labute approximate surface area is 187 Å². The standard InChI is InChI=1S/C21H20ClF3N4OS/c1-29-18(5-6-27-29)15-10-19(31)16(9-17(15)22)20(30)28-14(11-26)8-12-3-2-4-13(7-12)21(23,24)25/h2-7,9,14H,8,10-11,26H2,1H3,(H,28,30)/t14-/m0/s1. The molecule has 3 N–H and O–H groups in total. The van der Waals surface area contributed by atoms with E-state index >= 15 is 0 Å². The summed E-state index contributed by atoms with van der Waals surface area (Å²) in [5.41, 5.74) is 7.23. The molecule has 5 nitrogen and oxygen atoms in total. The number of nitrogens with one attached hydrogen (secondary N) is 1. The van der Waals surface area contributed by atoms with E-state index in [1.165, 1.54) is 12.1 Å². The van der Waals surface area contributed by atoms with Crippen molar-refractivity contribution in [1.29, 1.82) is 0 Å². The Hall–Kier alpha value is -2.49. The number of benzene rings is 1. The zero-order valence-electron chi connectivity index (χ0n) is 16.5. The van der Waals surface area contributed by atoms with E-state index in [2.05, 4.69) is 10.4 Å². The molecule has 1 aliphatic carbocycles. The van der Waals surface area contributed by atoms with Gasteiger partial charge >= 0.3 is 6.18 Å². The van der Waals surface area contributed by atoms with Crippen LogP contribution in [-0.4, -0.2) is 33.1 Å². The predicted octanol–water partition coefficient (Wildman–Crippen LogP) is 3.78. The minimum atomic E-state index is -4.44. The van der Waals surface area contributed by atoms with Crippen LogP contribution in [0, 0.1) is 0 Å². The third kappa shape index (κ3) is 5.41. The second kappa shape index (κ2) is 9.33. The van der Waals surface area contributed by atoms with Crippen LogP contribution in [0.3, 0.4) is 0 Å². The van der Waals surface area contributed by atoms with Crippen molar-refractivity contribution in [2.45, 2.75) is 25.1 Å². The zero-order valence-corrected chi connectivity index (χ0v) is 18.1. The van der Waals surface area contributed by atoms with E-state index in [9.17, 15) is 18.0 Å². The molecule has 0 spiro atoms. The van der Waals surface area contributed by atoms with Gasteiger partial charge in [-0.25, -0.2) is 0 Å². The Morgan fingerprint density at radius 3 is 2.74 bits per heavy atom. The normalized spacial score (nSPS) is 15.7. The monoisotopic (exact) mass is 468 g/mol. The first-order valence-corrected chi connectivity index (χ1v) is 10.2. The minimum absolute atomic E-state index is 0.0475. The number of carbonyl (C=O) groups excluding carboxylic acids is 1. The van der Waals surface area contributed by atoms with Gasteiger partial charge in [0.25, 0.3) is 5.91 Å². The number of carbonyl (C=O) groups is 1. The summed E-state index contributed by atoms with van der Waals surface area (Å²) in [5.74, 6) is -0.463. The Morgan fingerprint density at radius 1 is 1.39 bits per heavy atom. The van der Waals surface area contributed by atoms with Gasteiger partial charge in [0.05, 0.1) is 16.8 Å². The number of nitrogens with two attached hydrogens (primary N) is 1. The van der Waals surface area contributed by atoms with Gasteiger partial charge in [-0.1, -0.05) is 42.0 Å². The highest BCUT2D eigenvalue weighted by molar-refractivity contribution is 7.81. The van der Waals surface area contributed by atoms with Crippen molar-refractivity contribution in [2.24, 2.45) is 12.8 Å². The first kappa shape index (κ1) is 23.2. The average Bonchev–Trinajstić information content (AvgIpc) is 3.14. The molecule has 3 rings (SSSR count). The first-order valence-electron chi connectivity index (χ1n) is 9.39. The first-order chi connectivity index (χ1) is 14.6. The largest absolute Gasteiger partial charge is 0.416 e. The van der Waals surface area contributed by atoms with Gasteiger partial charge in [-0.2, -0.15) is 18.3 Å². The number of hydrogen-bond donors (Lipinski definition) is 2. The van der Waals surface area contributed by atoms with Gasteiger partial charge in [0.15, 0.2) is 0 Å². The molecule has 0 aliphatic heterocycles. The maximum Gasteiger partial charge on any atom is 0.416 e. The maximum absolute atomic E-state index is 12.9. The molecule has 31 heavy (non-hydrogen) atoms. The van der Waals surface area contributed by atoms with Gasteiger partial charge in [0, 0.05) is 47.7 Å². The van der Waals surface area contributed by atoms with Crippen molar-refractivity contribution in [3.05, 3.63) is 70.0 Å². The van der Waals surface area contributed by atoms with E-state index in [0.29, 0.717) is 21.9 Å². The van der Waals surface area contributed by atoms with Crippen LogP contribution in [0.2, 0.25) is 0 Å². The highest BCUT2D eigenvalue weighted by Gasteiger charge is 2.31. The van der Waals surface area contributed by atoms with Crippen LogP contribution in [0.1, 0.15) is 23.2 Å². The fourth-order valence-corrected chi connectivity index (χ4v) is 3.89. The molecule has 1 amide bonds. The summed E-state index contributed by atoms with van der Waals surface area (Å²) in [7, 11) is 1.78. The highest BCUT2D eigenvalue weighted by atomic mass is 35.5. The Balaban J connectivity index is 1.76. The number of hydrogen-bond acceptors (Lipinski definition) is 4. The number of amides is 1. The van der Waals surface area contributed by atoms with Gasteiger partial charge in [-0.3, -0.25) is 9.48 Å². The highest BCUT2D eigenvalue weighted by Crippen LogP contribution is 2.32. The van der Waals surface area contributed by atoms with Crippen LogP contribution in [-0.2, 0) is 24.4 Å². The van der Waals surface area contributed by atoms with Crippen molar-refractivity contribution >= 4 is 40.2 Å². The SMILES string of the molecule is Cn1nccc1C1=C(Cl)C=C(C(=O)N[C@H](CN)Cc2cccc(C(F)(F)F)c2)C(=S)C1. The minimum Gasteiger partial charge on any atom is -0.348 e. The van der Waals surface area contributed by atoms with Gasteiger partial charge in [-0.05, 0) is 30.2 Å². The Morgan fingerprint density at radius 2 is 2.13 bits per heavy atom. The fraction of sp³-hybridized carbons (Fsp3) is 0.286. The van der Waals surface area contributed by atoms with Crippen molar-refractivity contribution in [1.82, 2.24) is 15.1 Å². The van der Waals surface area contributed by atoms with Crippen LogP contribution in [0.5, 0.6) is 0 Å². The summed E-state index contributed by atoms with van der Waals surface area (Å²) >= 11 is 11.8. The number of halogens is 4. The van der Waals surface area contributed by atoms with Crippen molar-refractivity contribution in [3.8, 4) is 0 Å². The van der Waals surface area contributed by atoms with Gasteiger partial charge < -0.3 is 11.1 Å². The smallest absolute Gasteiger partial charge is 0.348 e. The summed E-state index contributed by atoms with van der Waals surface area (Å²) in [6, 6.07) is 6.18. The second-order valence-electron chi connectivity index (χ2n) is 7.13. The number of allylic oxidation sites excluding steroid dienone is 3. The summed E-state index contributed by atoms with van der Waals surface area (Å²) in [4.78, 5) is 13.2. The van der Waals surface area contributed by atoms with Crippen LogP contribution < -0.4 is 11.1 Å². The van der Waals surface area contributed by atoms with Crippen LogP contribution in [0.25, 0.3) is 5.57 Å². The molecule has 0 bridgehead atoms. The van der Waals surface area contributed by atoms with Gasteiger partial charge in [0.2, 0.25) is 0 Å². The van der Waals surface area contributed by atoms with Crippen LogP contribution >= 0.6 is 23.8 Å². The summed E-state index contributed by atoms with van der Waals surface area (Å²) < 4.78 is 40.5. The lowest BCUT2D eigenvalue weighted by atomic mass is 9.94. The van der Waals surface area contributed by atoms with E-state index < -0.39 is 23.7 Å². The molecule has 0 unspecified atom stereocenters. The molecule has 1 atom stereocenters. The third-order valence-corrected chi connectivity index (χ3v) is 5.63. The average molecular weight is 469 g/mol. The molecule has 0 radical (unpaired) electrons. The summed E-state index contributed by atoms with van der Waals surface area (Å²) in [5, 5.41) is 7.25. The number of nitrogens with zero attached hydrogens (tertiary/aromatic N) is 2. The Bertz CT molecular complexity index is 1070. The molecular formula is C21H20ClF3N4OS. The second-order valence-corrected chi connectivity index (χ2v) is 8.03. The molecular weight excluding hydrogens is 449 g/mol. The summed E-state index contributed by atoms with van der Waals surface area (Å²) in [6.45, 7) is 0.0475. The molecule has 10 heteroatoms. The molecule has 164 valence electrons. The van der Waals surface area contributed by atoms with Crippen molar-refractivity contribution in [3.63, 3.8) is 0 Å². The quantitative estimate of drug-likeness (QED) is 0.633. The molecule has 1 heterocycles. The van der Waals surface area contributed by atoms with Gasteiger partial charge in [0.1, 0.15) is 0 Å². The van der Waals surface area contributed by atoms with E-state index in [-0.39, 0.29) is 18.5 Å². The Kier molecular flexibility index (Phi) is 6.98. The fourth-order valence-electron chi connectivity index (χ4n) is 3.33. The molecule has 1 aliphatic rings. The zero-order chi connectivity index (χ0) is 22.8. The number of rotatable bonds is 6. The summed E-state index contributed by atoms with van der Waals surface area (Å²) in [6.07, 6.45) is -0.848. The molecule has 0 saturated heterocycles. The number of thiocarbonyl (C=S) groups is 1. The number of alkyl halides is 3.